The molecule has 0 saturated carbocycles. The molecule has 2 aromatic carbocycles. The summed E-state index contributed by atoms with van der Waals surface area (Å²) >= 11 is 0. The molecule has 18 heavy (non-hydrogen) atoms. The second-order valence-electron chi connectivity index (χ2n) is 4.21. The quantitative estimate of drug-likeness (QED) is 0.838. The van der Waals surface area contributed by atoms with Gasteiger partial charge in [-0.05, 0) is 42.3 Å². The summed E-state index contributed by atoms with van der Waals surface area (Å²) in [4.78, 5) is 0. The minimum absolute atomic E-state index is 0.243. The van der Waals surface area contributed by atoms with E-state index in [9.17, 15) is 4.39 Å². The fourth-order valence-electron chi connectivity index (χ4n) is 1.81. The van der Waals surface area contributed by atoms with E-state index in [4.69, 9.17) is 10.5 Å². The predicted octanol–water partition coefficient (Wildman–Crippen LogP) is 3.34. The van der Waals surface area contributed by atoms with Crippen molar-refractivity contribution in [3.63, 3.8) is 0 Å². The zero-order valence-electron chi connectivity index (χ0n) is 10.3. The minimum Gasteiger partial charge on any atom is -0.493 e. The summed E-state index contributed by atoms with van der Waals surface area (Å²) in [5, 5.41) is 0. The lowest BCUT2D eigenvalue weighted by Gasteiger charge is -2.10. The Morgan fingerprint density at radius 1 is 1.17 bits per heavy atom. The van der Waals surface area contributed by atoms with Crippen molar-refractivity contribution in [2.45, 2.75) is 13.3 Å². The van der Waals surface area contributed by atoms with Gasteiger partial charge in [0.05, 0.1) is 6.61 Å². The topological polar surface area (TPSA) is 35.2 Å². The van der Waals surface area contributed by atoms with E-state index in [0.717, 1.165) is 23.2 Å². The first kappa shape index (κ1) is 12.4. The highest BCUT2D eigenvalue weighted by Crippen LogP contribution is 2.19. The van der Waals surface area contributed by atoms with Gasteiger partial charge < -0.3 is 10.5 Å². The summed E-state index contributed by atoms with van der Waals surface area (Å²) in [5.41, 5.74) is 8.49. The Kier molecular flexibility index (Phi) is 3.82. The van der Waals surface area contributed by atoms with Gasteiger partial charge in [-0.3, -0.25) is 0 Å². The molecule has 0 spiro atoms. The lowest BCUT2D eigenvalue weighted by molar-refractivity contribution is 0.319. The maximum absolute atomic E-state index is 12.9. The highest BCUT2D eigenvalue weighted by atomic mass is 19.1. The second kappa shape index (κ2) is 5.54. The van der Waals surface area contributed by atoms with Gasteiger partial charge in [0.15, 0.2) is 0 Å². The molecule has 2 nitrogen and oxygen atoms in total. The first-order valence-electron chi connectivity index (χ1n) is 5.89. The normalized spacial score (nSPS) is 10.3. The highest BCUT2D eigenvalue weighted by Gasteiger charge is 2.02. The van der Waals surface area contributed by atoms with E-state index in [0.29, 0.717) is 12.4 Å². The van der Waals surface area contributed by atoms with Crippen LogP contribution in [-0.4, -0.2) is 6.61 Å². The summed E-state index contributed by atoms with van der Waals surface area (Å²) in [6, 6.07) is 12.2. The lowest BCUT2D eigenvalue weighted by atomic mass is 10.1. The van der Waals surface area contributed by atoms with Crippen LogP contribution in [0.5, 0.6) is 5.75 Å². The summed E-state index contributed by atoms with van der Waals surface area (Å²) in [5.74, 6) is 0.470. The molecule has 0 amide bonds. The summed E-state index contributed by atoms with van der Waals surface area (Å²) < 4.78 is 18.5. The molecule has 0 bridgehead atoms. The SMILES string of the molecule is Cc1cc(F)ccc1OCCc1ccccc1N. The van der Waals surface area contributed by atoms with Crippen molar-refractivity contribution in [1.82, 2.24) is 0 Å². The van der Waals surface area contributed by atoms with E-state index in [-0.39, 0.29) is 5.82 Å². The van der Waals surface area contributed by atoms with Crippen LogP contribution in [0.3, 0.4) is 0 Å². The molecule has 0 radical (unpaired) electrons. The third-order valence-electron chi connectivity index (χ3n) is 2.82. The lowest BCUT2D eigenvalue weighted by Crippen LogP contribution is -2.04. The Bertz CT molecular complexity index is 540. The molecule has 0 aliphatic rings. The number of hydrogen-bond donors (Lipinski definition) is 1. The fraction of sp³-hybridized carbons (Fsp3) is 0.200. The molecular formula is C15H16FNO. The van der Waals surface area contributed by atoms with Crippen LogP contribution in [0.15, 0.2) is 42.5 Å². The second-order valence-corrected chi connectivity index (χ2v) is 4.21. The number of benzene rings is 2. The van der Waals surface area contributed by atoms with E-state index < -0.39 is 0 Å². The first-order valence-corrected chi connectivity index (χ1v) is 5.89. The Balaban J connectivity index is 1.95. The Labute approximate surface area is 106 Å². The number of halogens is 1. The zero-order valence-corrected chi connectivity index (χ0v) is 10.3. The predicted molar refractivity (Wildman–Crippen MR) is 71.2 cm³/mol. The molecule has 0 fully saturated rings. The number of rotatable bonds is 4. The number of nitrogens with two attached hydrogens (primary N) is 1. The average molecular weight is 245 g/mol. The van der Waals surface area contributed by atoms with Crippen LogP contribution in [0.25, 0.3) is 0 Å². The number of ether oxygens (including phenoxy) is 1. The van der Waals surface area contributed by atoms with Crippen LogP contribution in [0.2, 0.25) is 0 Å². The molecule has 0 aliphatic carbocycles. The smallest absolute Gasteiger partial charge is 0.123 e. The maximum atomic E-state index is 12.9. The van der Waals surface area contributed by atoms with E-state index in [1.54, 1.807) is 6.07 Å². The van der Waals surface area contributed by atoms with Gasteiger partial charge in [0.1, 0.15) is 11.6 Å². The molecular weight excluding hydrogens is 229 g/mol. The summed E-state index contributed by atoms with van der Waals surface area (Å²) in [6.45, 7) is 2.36. The number of aryl methyl sites for hydroxylation is 1. The number of para-hydroxylation sites is 1. The van der Waals surface area contributed by atoms with Gasteiger partial charge in [0.25, 0.3) is 0 Å². The van der Waals surface area contributed by atoms with Crippen LogP contribution in [-0.2, 0) is 6.42 Å². The Morgan fingerprint density at radius 3 is 2.67 bits per heavy atom. The molecule has 0 saturated heterocycles. The molecule has 3 heteroatoms. The van der Waals surface area contributed by atoms with Gasteiger partial charge in [-0.25, -0.2) is 4.39 Å². The maximum Gasteiger partial charge on any atom is 0.123 e. The van der Waals surface area contributed by atoms with Crippen molar-refractivity contribution >= 4 is 5.69 Å². The number of hydrogen-bond acceptors (Lipinski definition) is 2. The Morgan fingerprint density at radius 2 is 1.94 bits per heavy atom. The zero-order chi connectivity index (χ0) is 13.0. The standard InChI is InChI=1S/C15H16FNO/c1-11-10-13(16)6-7-15(11)18-9-8-12-4-2-3-5-14(12)17/h2-7,10H,8-9,17H2,1H3. The van der Waals surface area contributed by atoms with E-state index >= 15 is 0 Å². The van der Waals surface area contributed by atoms with Crippen LogP contribution in [0.1, 0.15) is 11.1 Å². The average Bonchev–Trinajstić information content (AvgIpc) is 2.34. The van der Waals surface area contributed by atoms with Crippen molar-refractivity contribution in [2.75, 3.05) is 12.3 Å². The summed E-state index contributed by atoms with van der Waals surface area (Å²) in [6.07, 6.45) is 0.740. The van der Waals surface area contributed by atoms with Crippen molar-refractivity contribution in [2.24, 2.45) is 0 Å². The molecule has 94 valence electrons. The van der Waals surface area contributed by atoms with Crippen LogP contribution in [0, 0.1) is 12.7 Å². The molecule has 0 aliphatic heterocycles. The largest absolute Gasteiger partial charge is 0.493 e. The van der Waals surface area contributed by atoms with Gasteiger partial charge in [-0.1, -0.05) is 18.2 Å². The van der Waals surface area contributed by atoms with E-state index in [2.05, 4.69) is 0 Å². The van der Waals surface area contributed by atoms with Gasteiger partial charge in [-0.15, -0.1) is 0 Å². The van der Waals surface area contributed by atoms with Crippen molar-refractivity contribution < 1.29 is 9.13 Å². The Hall–Kier alpha value is -2.03. The minimum atomic E-state index is -0.243. The van der Waals surface area contributed by atoms with E-state index in [1.165, 1.54) is 12.1 Å². The number of nitrogen functional groups attached to an aromatic ring is 1. The fourth-order valence-corrected chi connectivity index (χ4v) is 1.81. The van der Waals surface area contributed by atoms with Crippen molar-refractivity contribution in [3.05, 3.63) is 59.4 Å². The molecule has 0 unspecified atom stereocenters. The summed E-state index contributed by atoms with van der Waals surface area (Å²) in [7, 11) is 0. The molecule has 2 rings (SSSR count). The highest BCUT2D eigenvalue weighted by molar-refractivity contribution is 5.46. The molecule has 0 atom stereocenters. The van der Waals surface area contributed by atoms with Crippen LogP contribution < -0.4 is 10.5 Å². The third kappa shape index (κ3) is 3.00. The van der Waals surface area contributed by atoms with E-state index in [1.807, 2.05) is 31.2 Å². The first-order chi connectivity index (χ1) is 8.66. The molecule has 0 heterocycles. The molecule has 2 N–H and O–H groups in total. The monoisotopic (exact) mass is 245 g/mol. The van der Waals surface area contributed by atoms with Crippen molar-refractivity contribution in [1.29, 1.82) is 0 Å². The third-order valence-corrected chi connectivity index (χ3v) is 2.82. The van der Waals surface area contributed by atoms with Crippen LogP contribution >= 0.6 is 0 Å². The van der Waals surface area contributed by atoms with Gasteiger partial charge in [-0.2, -0.15) is 0 Å². The number of anilines is 1. The van der Waals surface area contributed by atoms with Crippen molar-refractivity contribution in [3.8, 4) is 5.75 Å². The van der Waals surface area contributed by atoms with Crippen LogP contribution in [0.4, 0.5) is 10.1 Å². The van der Waals surface area contributed by atoms with Gasteiger partial charge in [0, 0.05) is 12.1 Å². The molecule has 0 aromatic heterocycles. The van der Waals surface area contributed by atoms with Gasteiger partial charge >= 0.3 is 0 Å². The van der Waals surface area contributed by atoms with Gasteiger partial charge in [0.2, 0.25) is 0 Å². The molecule has 2 aromatic rings.